The fourth-order valence-electron chi connectivity index (χ4n) is 3.08. The lowest BCUT2D eigenvalue weighted by Crippen LogP contribution is -2.50. The van der Waals surface area contributed by atoms with E-state index < -0.39 is 11.5 Å². The molecular weight excluding hydrogens is 314 g/mol. The summed E-state index contributed by atoms with van der Waals surface area (Å²) in [6, 6.07) is 14.8. The van der Waals surface area contributed by atoms with Crippen molar-refractivity contribution < 1.29 is 9.90 Å². The average Bonchev–Trinajstić information content (AvgIpc) is 2.63. The molecule has 1 aromatic carbocycles. The fraction of sp³-hybridized carbons (Fsp3) is 0.400. The summed E-state index contributed by atoms with van der Waals surface area (Å²) in [5, 5.41) is 11.3. The molecule has 0 radical (unpaired) electrons. The number of amides is 1. The van der Waals surface area contributed by atoms with E-state index in [4.69, 9.17) is 0 Å². The van der Waals surface area contributed by atoms with Gasteiger partial charge in [0.25, 0.3) is 0 Å². The molecule has 0 spiro atoms. The van der Waals surface area contributed by atoms with E-state index in [-0.39, 0.29) is 5.91 Å². The molecule has 1 N–H and O–H groups in total. The van der Waals surface area contributed by atoms with Crippen LogP contribution in [-0.2, 0) is 10.2 Å². The van der Waals surface area contributed by atoms with Crippen molar-refractivity contribution in [3.8, 4) is 0 Å². The van der Waals surface area contributed by atoms with Crippen LogP contribution in [0, 0.1) is 0 Å². The molecule has 1 aromatic heterocycles. The number of pyridine rings is 1. The Morgan fingerprint density at radius 1 is 1.08 bits per heavy atom. The molecule has 5 nitrogen and oxygen atoms in total. The first kappa shape index (κ1) is 19.1. The third-order valence-corrected chi connectivity index (χ3v) is 4.45. The van der Waals surface area contributed by atoms with Gasteiger partial charge in [0, 0.05) is 20.3 Å². The highest BCUT2D eigenvalue weighted by Gasteiger charge is 2.49. The molecule has 1 amide bonds. The molecular formula is C20H27N3O2. The van der Waals surface area contributed by atoms with Gasteiger partial charge in [0.1, 0.15) is 5.41 Å². The Labute approximate surface area is 149 Å². The molecule has 25 heavy (non-hydrogen) atoms. The summed E-state index contributed by atoms with van der Waals surface area (Å²) >= 11 is 0. The normalized spacial score (nSPS) is 14.8. The molecule has 2 aromatic rings. The molecule has 1 heterocycles. The van der Waals surface area contributed by atoms with Gasteiger partial charge in [-0.1, -0.05) is 36.4 Å². The maximum atomic E-state index is 13.3. The second kappa shape index (κ2) is 8.23. The molecule has 0 bridgehead atoms. The van der Waals surface area contributed by atoms with Crippen LogP contribution in [0.3, 0.4) is 0 Å². The topological polar surface area (TPSA) is 56.7 Å². The van der Waals surface area contributed by atoms with E-state index in [0.717, 1.165) is 0 Å². The molecule has 0 saturated carbocycles. The minimum absolute atomic E-state index is 0.149. The zero-order chi connectivity index (χ0) is 18.4. The van der Waals surface area contributed by atoms with Crippen molar-refractivity contribution >= 4 is 5.91 Å². The zero-order valence-electron chi connectivity index (χ0n) is 15.4. The summed E-state index contributed by atoms with van der Waals surface area (Å²) in [4.78, 5) is 21.3. The summed E-state index contributed by atoms with van der Waals surface area (Å²) < 4.78 is 0. The number of carbonyl (C=O) groups excluding carboxylic acids is 1. The van der Waals surface area contributed by atoms with Crippen molar-refractivity contribution in [3.05, 3.63) is 66.0 Å². The van der Waals surface area contributed by atoms with Crippen molar-refractivity contribution in [2.75, 3.05) is 34.7 Å². The Hall–Kier alpha value is -2.24. The first-order valence-electron chi connectivity index (χ1n) is 8.40. The molecule has 0 saturated heterocycles. The maximum absolute atomic E-state index is 13.3. The van der Waals surface area contributed by atoms with Gasteiger partial charge < -0.3 is 14.9 Å². The van der Waals surface area contributed by atoms with Gasteiger partial charge >= 0.3 is 0 Å². The quantitative estimate of drug-likeness (QED) is 0.838. The first-order chi connectivity index (χ1) is 11.9. The van der Waals surface area contributed by atoms with E-state index in [1.54, 1.807) is 20.3 Å². The number of aromatic nitrogens is 1. The van der Waals surface area contributed by atoms with Crippen molar-refractivity contribution in [1.29, 1.82) is 0 Å². The van der Waals surface area contributed by atoms with Crippen molar-refractivity contribution in [2.24, 2.45) is 0 Å². The Bertz CT molecular complexity index is 674. The van der Waals surface area contributed by atoms with Gasteiger partial charge in [-0.15, -0.1) is 0 Å². The highest BCUT2D eigenvalue weighted by Crippen LogP contribution is 2.41. The summed E-state index contributed by atoms with van der Waals surface area (Å²) in [6.07, 6.45) is 1.14. The van der Waals surface area contributed by atoms with Crippen LogP contribution in [0.2, 0.25) is 0 Å². The highest BCUT2D eigenvalue weighted by molar-refractivity contribution is 5.88. The van der Waals surface area contributed by atoms with Crippen LogP contribution in [0.1, 0.15) is 23.8 Å². The molecule has 134 valence electrons. The molecule has 0 aliphatic heterocycles. The summed E-state index contributed by atoms with van der Waals surface area (Å²) in [7, 11) is 7.34. The van der Waals surface area contributed by atoms with Crippen molar-refractivity contribution in [1.82, 2.24) is 14.8 Å². The summed E-state index contributed by atoms with van der Waals surface area (Å²) in [5.41, 5.74) is 0.158. The second-order valence-corrected chi connectivity index (χ2v) is 6.75. The Kier molecular flexibility index (Phi) is 6.28. The predicted octanol–water partition coefficient (Wildman–Crippen LogP) is 2.09. The fourth-order valence-corrected chi connectivity index (χ4v) is 3.08. The SMILES string of the molecule is CN(C)CCC(C(=O)N(C)C)(c1ccccn1)C(O)c1ccccc1. The smallest absolute Gasteiger partial charge is 0.237 e. The van der Waals surface area contributed by atoms with E-state index in [2.05, 4.69) is 4.98 Å². The molecule has 5 heteroatoms. The molecule has 0 fully saturated rings. The van der Waals surface area contributed by atoms with Crippen LogP contribution in [0.25, 0.3) is 0 Å². The van der Waals surface area contributed by atoms with Crippen LogP contribution in [0.15, 0.2) is 54.7 Å². The Balaban J connectivity index is 2.63. The van der Waals surface area contributed by atoms with E-state index in [9.17, 15) is 9.90 Å². The van der Waals surface area contributed by atoms with Crippen LogP contribution >= 0.6 is 0 Å². The summed E-state index contributed by atoms with van der Waals surface area (Å²) in [5.74, 6) is -0.149. The second-order valence-electron chi connectivity index (χ2n) is 6.75. The zero-order valence-corrected chi connectivity index (χ0v) is 15.4. The minimum Gasteiger partial charge on any atom is -0.387 e. The lowest BCUT2D eigenvalue weighted by atomic mass is 9.71. The molecule has 2 rings (SSSR count). The van der Waals surface area contributed by atoms with Crippen molar-refractivity contribution in [3.63, 3.8) is 0 Å². The third kappa shape index (κ3) is 4.06. The lowest BCUT2D eigenvalue weighted by molar-refractivity contribution is -0.141. The van der Waals surface area contributed by atoms with E-state index in [1.165, 1.54) is 4.90 Å². The molecule has 0 aliphatic rings. The molecule has 2 unspecified atom stereocenters. The Morgan fingerprint density at radius 3 is 2.24 bits per heavy atom. The average molecular weight is 341 g/mol. The van der Waals surface area contributed by atoms with Crippen molar-refractivity contribution in [2.45, 2.75) is 17.9 Å². The third-order valence-electron chi connectivity index (χ3n) is 4.45. The van der Waals surface area contributed by atoms with Gasteiger partial charge in [-0.2, -0.15) is 0 Å². The van der Waals surface area contributed by atoms with E-state index in [1.807, 2.05) is 67.5 Å². The highest BCUT2D eigenvalue weighted by atomic mass is 16.3. The van der Waals surface area contributed by atoms with E-state index in [0.29, 0.717) is 24.2 Å². The molecule has 0 aliphatic carbocycles. The number of carbonyl (C=O) groups is 1. The van der Waals surface area contributed by atoms with Gasteiger partial charge in [-0.25, -0.2) is 0 Å². The largest absolute Gasteiger partial charge is 0.387 e. The number of likely N-dealkylation sites (N-methyl/N-ethyl adjacent to an activating group) is 1. The van der Waals surface area contributed by atoms with Crippen LogP contribution in [0.5, 0.6) is 0 Å². The first-order valence-corrected chi connectivity index (χ1v) is 8.40. The maximum Gasteiger partial charge on any atom is 0.237 e. The Morgan fingerprint density at radius 2 is 1.72 bits per heavy atom. The van der Waals surface area contributed by atoms with Gasteiger partial charge in [0.15, 0.2) is 0 Å². The van der Waals surface area contributed by atoms with Crippen LogP contribution in [0.4, 0.5) is 0 Å². The monoisotopic (exact) mass is 341 g/mol. The van der Waals surface area contributed by atoms with Gasteiger partial charge in [-0.05, 0) is 44.8 Å². The number of aliphatic hydroxyl groups is 1. The van der Waals surface area contributed by atoms with Crippen LogP contribution in [-0.4, -0.2) is 60.5 Å². The lowest BCUT2D eigenvalue weighted by Gasteiger charge is -2.39. The number of hydrogen-bond donors (Lipinski definition) is 1. The number of aliphatic hydroxyl groups excluding tert-OH is 1. The van der Waals surface area contributed by atoms with Gasteiger partial charge in [0.05, 0.1) is 11.8 Å². The minimum atomic E-state index is -1.14. The number of hydrogen-bond acceptors (Lipinski definition) is 4. The van der Waals surface area contributed by atoms with Crippen LogP contribution < -0.4 is 0 Å². The molecule has 2 atom stereocenters. The predicted molar refractivity (Wildman–Crippen MR) is 99.2 cm³/mol. The summed E-state index contributed by atoms with van der Waals surface area (Å²) in [6.45, 7) is 0.653. The van der Waals surface area contributed by atoms with Gasteiger partial charge in [-0.3, -0.25) is 9.78 Å². The number of nitrogens with zero attached hydrogens (tertiary/aromatic N) is 3. The van der Waals surface area contributed by atoms with E-state index >= 15 is 0 Å². The number of rotatable bonds is 7. The number of benzene rings is 1. The van der Waals surface area contributed by atoms with Gasteiger partial charge in [0.2, 0.25) is 5.91 Å². The standard InChI is InChI=1S/C20H27N3O2/c1-22(2)15-13-20(19(25)23(3)4,17-12-8-9-14-21-17)18(24)16-10-6-5-7-11-16/h5-12,14,18,24H,13,15H2,1-4H3.